The Hall–Kier alpha value is -1.39. The normalized spacial score (nSPS) is 19.5. The molecule has 1 aromatic rings. The van der Waals surface area contributed by atoms with Gasteiger partial charge in [0.2, 0.25) is 0 Å². The van der Waals surface area contributed by atoms with Gasteiger partial charge in [-0.25, -0.2) is 0 Å². The van der Waals surface area contributed by atoms with E-state index in [0.29, 0.717) is 19.7 Å². The molecule has 0 radical (unpaired) electrons. The largest absolute Gasteiger partial charge is 0.373 e. The lowest BCUT2D eigenvalue weighted by atomic mass is 10.0. The molecular weight excluding hydrogens is 240 g/mol. The molecule has 2 rings (SSSR count). The molecule has 0 aliphatic carbocycles. The highest BCUT2D eigenvalue weighted by molar-refractivity contribution is 5.95. The van der Waals surface area contributed by atoms with Gasteiger partial charge in [-0.05, 0) is 32.5 Å². The predicted molar refractivity (Wildman–Crippen MR) is 75.5 cm³/mol. The number of rotatable bonds is 3. The molecule has 0 saturated carbocycles. The maximum Gasteiger partial charge on any atom is 0.254 e. The lowest BCUT2D eigenvalue weighted by Crippen LogP contribution is -2.48. The van der Waals surface area contributed by atoms with Crippen LogP contribution in [0.4, 0.5) is 0 Å². The highest BCUT2D eigenvalue weighted by Crippen LogP contribution is 2.15. The van der Waals surface area contributed by atoms with E-state index in [4.69, 9.17) is 4.74 Å². The Kier molecular flexibility index (Phi) is 4.56. The number of ether oxygens (including phenoxy) is 1. The van der Waals surface area contributed by atoms with E-state index in [-0.39, 0.29) is 12.0 Å². The molecule has 0 aromatic heterocycles. The summed E-state index contributed by atoms with van der Waals surface area (Å²) in [6.45, 7) is 6.72. The number of nitrogens with one attached hydrogen (secondary N) is 1. The Morgan fingerprint density at radius 2 is 2.26 bits per heavy atom. The molecule has 1 fully saturated rings. The summed E-state index contributed by atoms with van der Waals surface area (Å²) in [6, 6.07) is 6.02. The van der Waals surface area contributed by atoms with Gasteiger partial charge in [-0.2, -0.15) is 0 Å². The number of hydrogen-bond acceptors (Lipinski definition) is 3. The quantitative estimate of drug-likeness (QED) is 0.894. The number of likely N-dealkylation sites (N-methyl/N-ethyl adjacent to an activating group) is 1. The number of carbonyl (C=O) groups is 1. The highest BCUT2D eigenvalue weighted by atomic mass is 16.5. The monoisotopic (exact) mass is 262 g/mol. The number of benzene rings is 1. The summed E-state index contributed by atoms with van der Waals surface area (Å²) >= 11 is 0. The summed E-state index contributed by atoms with van der Waals surface area (Å²) in [6.07, 6.45) is 0.0906. The molecular formula is C15H22N2O2. The third-order valence-corrected chi connectivity index (χ3v) is 3.48. The maximum atomic E-state index is 12.6. The number of carbonyl (C=O) groups excluding carboxylic acids is 1. The van der Waals surface area contributed by atoms with Crippen LogP contribution in [0.5, 0.6) is 0 Å². The van der Waals surface area contributed by atoms with Crippen LogP contribution in [0.25, 0.3) is 0 Å². The van der Waals surface area contributed by atoms with Crippen molar-refractivity contribution < 1.29 is 9.53 Å². The van der Waals surface area contributed by atoms with Gasteiger partial charge in [-0.15, -0.1) is 0 Å². The van der Waals surface area contributed by atoms with Crippen LogP contribution in [0.1, 0.15) is 21.5 Å². The first-order valence-electron chi connectivity index (χ1n) is 6.74. The summed E-state index contributed by atoms with van der Waals surface area (Å²) in [5, 5.41) is 3.09. The van der Waals surface area contributed by atoms with E-state index in [0.717, 1.165) is 23.2 Å². The lowest BCUT2D eigenvalue weighted by Gasteiger charge is -2.33. The molecule has 1 unspecified atom stereocenters. The molecule has 1 heterocycles. The fourth-order valence-corrected chi connectivity index (χ4v) is 2.39. The van der Waals surface area contributed by atoms with Crippen molar-refractivity contribution in [3.8, 4) is 0 Å². The van der Waals surface area contributed by atoms with E-state index in [1.807, 2.05) is 44.0 Å². The van der Waals surface area contributed by atoms with Crippen LogP contribution in [0.3, 0.4) is 0 Å². The van der Waals surface area contributed by atoms with Gasteiger partial charge in [0.25, 0.3) is 5.91 Å². The SMILES string of the molecule is CNCC1CN(C(=O)c2cc(C)ccc2C)CCO1. The van der Waals surface area contributed by atoms with Crippen molar-refractivity contribution in [3.05, 3.63) is 34.9 Å². The van der Waals surface area contributed by atoms with E-state index in [1.54, 1.807) is 0 Å². The number of nitrogens with zero attached hydrogens (tertiary/aromatic N) is 1. The molecule has 1 saturated heterocycles. The van der Waals surface area contributed by atoms with Crippen LogP contribution in [-0.4, -0.2) is 50.2 Å². The third kappa shape index (κ3) is 3.33. The molecule has 1 aliphatic rings. The maximum absolute atomic E-state index is 12.6. The van der Waals surface area contributed by atoms with Gasteiger partial charge in [0.1, 0.15) is 0 Å². The highest BCUT2D eigenvalue weighted by Gasteiger charge is 2.25. The Balaban J connectivity index is 2.12. The Bertz CT molecular complexity index is 457. The standard InChI is InChI=1S/C15H22N2O2/c1-11-4-5-12(2)14(8-11)15(18)17-6-7-19-13(10-17)9-16-3/h4-5,8,13,16H,6-7,9-10H2,1-3H3. The van der Waals surface area contributed by atoms with Gasteiger partial charge < -0.3 is 15.0 Å². The number of amides is 1. The van der Waals surface area contributed by atoms with Crippen molar-refractivity contribution in [1.29, 1.82) is 0 Å². The molecule has 4 nitrogen and oxygen atoms in total. The second kappa shape index (κ2) is 6.17. The average molecular weight is 262 g/mol. The predicted octanol–water partition coefficient (Wildman–Crippen LogP) is 1.36. The van der Waals surface area contributed by atoms with Gasteiger partial charge >= 0.3 is 0 Å². The molecule has 1 amide bonds. The average Bonchev–Trinajstić information content (AvgIpc) is 2.41. The van der Waals surface area contributed by atoms with Crippen LogP contribution < -0.4 is 5.32 Å². The first-order chi connectivity index (χ1) is 9.11. The Morgan fingerprint density at radius 1 is 1.47 bits per heavy atom. The van der Waals surface area contributed by atoms with Crippen molar-refractivity contribution in [2.24, 2.45) is 0 Å². The molecule has 0 bridgehead atoms. The van der Waals surface area contributed by atoms with Gasteiger partial charge in [0.05, 0.1) is 12.7 Å². The van der Waals surface area contributed by atoms with E-state index in [1.165, 1.54) is 0 Å². The van der Waals surface area contributed by atoms with Crippen LogP contribution in [0, 0.1) is 13.8 Å². The topological polar surface area (TPSA) is 41.6 Å². The minimum Gasteiger partial charge on any atom is -0.373 e. The molecule has 1 atom stereocenters. The molecule has 1 aliphatic heterocycles. The minimum atomic E-state index is 0.0906. The van der Waals surface area contributed by atoms with Crippen molar-refractivity contribution >= 4 is 5.91 Å². The number of hydrogen-bond donors (Lipinski definition) is 1. The second-order valence-electron chi connectivity index (χ2n) is 5.12. The lowest BCUT2D eigenvalue weighted by molar-refractivity contribution is -0.0196. The number of morpholine rings is 1. The van der Waals surface area contributed by atoms with Gasteiger partial charge in [0.15, 0.2) is 0 Å². The molecule has 19 heavy (non-hydrogen) atoms. The molecule has 104 valence electrons. The Morgan fingerprint density at radius 3 is 3.00 bits per heavy atom. The zero-order valence-electron chi connectivity index (χ0n) is 11.9. The van der Waals surface area contributed by atoms with E-state index < -0.39 is 0 Å². The molecule has 4 heteroatoms. The van der Waals surface area contributed by atoms with E-state index in [9.17, 15) is 4.79 Å². The Labute approximate surface area is 114 Å². The van der Waals surface area contributed by atoms with Crippen molar-refractivity contribution in [1.82, 2.24) is 10.2 Å². The first kappa shape index (κ1) is 14.0. The van der Waals surface area contributed by atoms with Crippen LogP contribution in [-0.2, 0) is 4.74 Å². The summed E-state index contributed by atoms with van der Waals surface area (Å²) in [7, 11) is 1.90. The van der Waals surface area contributed by atoms with Crippen molar-refractivity contribution in [2.75, 3.05) is 33.3 Å². The van der Waals surface area contributed by atoms with Crippen LogP contribution >= 0.6 is 0 Å². The third-order valence-electron chi connectivity index (χ3n) is 3.48. The molecule has 1 N–H and O–H groups in total. The zero-order chi connectivity index (χ0) is 13.8. The molecule has 1 aromatic carbocycles. The van der Waals surface area contributed by atoms with E-state index >= 15 is 0 Å². The molecule has 0 spiro atoms. The van der Waals surface area contributed by atoms with Crippen LogP contribution in [0.15, 0.2) is 18.2 Å². The van der Waals surface area contributed by atoms with Crippen molar-refractivity contribution in [3.63, 3.8) is 0 Å². The first-order valence-corrected chi connectivity index (χ1v) is 6.74. The fraction of sp³-hybridized carbons (Fsp3) is 0.533. The van der Waals surface area contributed by atoms with E-state index in [2.05, 4.69) is 5.32 Å². The van der Waals surface area contributed by atoms with Crippen LogP contribution in [0.2, 0.25) is 0 Å². The summed E-state index contributed by atoms with van der Waals surface area (Å²) in [5.74, 6) is 0.116. The zero-order valence-corrected chi connectivity index (χ0v) is 11.9. The van der Waals surface area contributed by atoms with Gasteiger partial charge in [0, 0.05) is 25.2 Å². The fourth-order valence-electron chi connectivity index (χ4n) is 2.39. The van der Waals surface area contributed by atoms with Gasteiger partial charge in [-0.3, -0.25) is 4.79 Å². The summed E-state index contributed by atoms with van der Waals surface area (Å²) in [4.78, 5) is 14.5. The minimum absolute atomic E-state index is 0.0906. The number of aryl methyl sites for hydroxylation is 2. The summed E-state index contributed by atoms with van der Waals surface area (Å²) < 4.78 is 5.63. The second-order valence-corrected chi connectivity index (χ2v) is 5.12. The van der Waals surface area contributed by atoms with Crippen molar-refractivity contribution in [2.45, 2.75) is 20.0 Å². The smallest absolute Gasteiger partial charge is 0.254 e. The van der Waals surface area contributed by atoms with Gasteiger partial charge in [-0.1, -0.05) is 17.7 Å². The summed E-state index contributed by atoms with van der Waals surface area (Å²) in [5.41, 5.74) is 2.96.